The minimum atomic E-state index is -4.51. The smallest absolute Gasteiger partial charge is 0.306 e. The Morgan fingerprint density at radius 2 is 1.33 bits per heavy atom. The van der Waals surface area contributed by atoms with Crippen molar-refractivity contribution in [2.45, 2.75) is 77.2 Å². The predicted octanol–water partition coefficient (Wildman–Crippen LogP) is 5.80. The van der Waals surface area contributed by atoms with E-state index in [0.29, 0.717) is 17.4 Å². The van der Waals surface area contributed by atoms with E-state index in [4.69, 9.17) is 9.26 Å². The highest BCUT2D eigenvalue weighted by atomic mass is 31.2. The highest BCUT2D eigenvalue weighted by Crippen LogP contribution is 2.38. The Balaban J connectivity index is 3.78. The molecule has 8 nitrogen and oxygen atoms in total. The maximum Gasteiger partial charge on any atom is 0.306 e. The molecule has 0 aromatic heterocycles. The maximum atomic E-state index is 11.8. The minimum Gasteiger partial charge on any atom is -0.756 e. The first-order valence-electron chi connectivity index (χ1n) is 14.0. The van der Waals surface area contributed by atoms with Crippen LogP contribution in [0.1, 0.15) is 71.1 Å². The first-order chi connectivity index (χ1) is 18.6. The molecule has 1 unspecified atom stereocenters. The summed E-state index contributed by atoms with van der Waals surface area (Å²) in [4.78, 5) is 23.5. The van der Waals surface area contributed by atoms with Crippen LogP contribution in [0.5, 0.6) is 0 Å². The molecule has 0 aromatic carbocycles. The number of phosphoric ester groups is 1. The summed E-state index contributed by atoms with van der Waals surface area (Å²) in [6.45, 7) is 1.80. The van der Waals surface area contributed by atoms with Gasteiger partial charge in [0.15, 0.2) is 0 Å². The van der Waals surface area contributed by atoms with Crippen LogP contribution in [0.25, 0.3) is 0 Å². The van der Waals surface area contributed by atoms with Gasteiger partial charge in [-0.3, -0.25) is 9.36 Å². The van der Waals surface area contributed by atoms with Gasteiger partial charge >= 0.3 is 5.97 Å². The van der Waals surface area contributed by atoms with Crippen molar-refractivity contribution >= 4 is 13.8 Å². The molecule has 2 atom stereocenters. The van der Waals surface area contributed by atoms with Gasteiger partial charge < -0.3 is 28.3 Å². The van der Waals surface area contributed by atoms with Gasteiger partial charge in [0, 0.05) is 6.42 Å². The van der Waals surface area contributed by atoms with Gasteiger partial charge in [-0.05, 0) is 44.9 Å². The van der Waals surface area contributed by atoms with E-state index >= 15 is 0 Å². The lowest BCUT2D eigenvalue weighted by atomic mass is 10.2. The van der Waals surface area contributed by atoms with E-state index in [0.717, 1.165) is 25.7 Å². The molecule has 0 spiro atoms. The van der Waals surface area contributed by atoms with Crippen LogP contribution in [-0.4, -0.2) is 69.2 Å². The van der Waals surface area contributed by atoms with Crippen LogP contribution < -0.4 is 4.89 Å². The van der Waals surface area contributed by atoms with Crippen molar-refractivity contribution in [2.75, 3.05) is 47.5 Å². The monoisotopic (exact) mass is 569 g/mol. The molecular weight excluding hydrogens is 517 g/mol. The van der Waals surface area contributed by atoms with Crippen LogP contribution in [0.4, 0.5) is 0 Å². The third-order valence-corrected chi connectivity index (χ3v) is 6.25. The average Bonchev–Trinajstić information content (AvgIpc) is 2.86. The Bertz CT molecular complexity index is 813. The standard InChI is InChI=1S/C30H52NO7P/c1-5-6-7-8-9-10-11-12-13-14-15-16-17-18-19-20-21-22-23-24-30(33)36-27-29(32)28-38-39(34,35)37-26-25-31(2,3)4/h9-10,12-13,15-16,18-19,21-22,29,32H,5-8,11,14,17,20,23-28H2,1-4H3/b10-9+,13-12+,16-15+,19-18+,22-21+/t29-/m1/s1. The number of nitrogens with zero attached hydrogens (tertiary/aromatic N) is 1. The first-order valence-corrected chi connectivity index (χ1v) is 15.5. The van der Waals surface area contributed by atoms with E-state index in [-0.39, 0.29) is 19.6 Å². The van der Waals surface area contributed by atoms with Crippen LogP contribution in [-0.2, 0) is 23.1 Å². The SMILES string of the molecule is CCCCC/C=C/C/C=C/C/C=C/C/C=C/C/C=C/CCC(=O)OC[C@@H](O)COP(=O)([O-])OCC[N+](C)(C)C. The van der Waals surface area contributed by atoms with Crippen molar-refractivity contribution < 1.29 is 37.6 Å². The molecule has 0 aromatic rings. The molecule has 224 valence electrons. The molecule has 0 aliphatic carbocycles. The molecule has 0 saturated carbocycles. The third-order valence-electron chi connectivity index (χ3n) is 5.28. The summed E-state index contributed by atoms with van der Waals surface area (Å²) in [5.41, 5.74) is 0. The van der Waals surface area contributed by atoms with Gasteiger partial charge in [-0.25, -0.2) is 0 Å². The molecule has 39 heavy (non-hydrogen) atoms. The van der Waals surface area contributed by atoms with Crippen molar-refractivity contribution in [3.8, 4) is 0 Å². The summed E-state index contributed by atoms with van der Waals surface area (Å²) in [5.74, 6) is -0.471. The molecule has 0 fully saturated rings. The number of hydrogen-bond donors (Lipinski definition) is 1. The second kappa shape index (κ2) is 24.0. The summed E-state index contributed by atoms with van der Waals surface area (Å²) >= 11 is 0. The van der Waals surface area contributed by atoms with E-state index in [1.807, 2.05) is 33.3 Å². The number of allylic oxidation sites excluding steroid dienone is 10. The normalized spacial score (nSPS) is 15.3. The van der Waals surface area contributed by atoms with Crippen LogP contribution in [0, 0.1) is 0 Å². The van der Waals surface area contributed by atoms with Crippen LogP contribution in [0.3, 0.4) is 0 Å². The Hall–Kier alpha value is -1.80. The summed E-state index contributed by atoms with van der Waals surface area (Å²) in [6.07, 6.45) is 29.4. The van der Waals surface area contributed by atoms with Gasteiger partial charge in [-0.2, -0.15) is 0 Å². The molecule has 0 aliphatic heterocycles. The Labute approximate surface area is 236 Å². The quantitative estimate of drug-likeness (QED) is 0.0515. The summed E-state index contributed by atoms with van der Waals surface area (Å²) in [6, 6.07) is 0. The van der Waals surface area contributed by atoms with Crippen LogP contribution >= 0.6 is 7.82 Å². The summed E-state index contributed by atoms with van der Waals surface area (Å²) in [5, 5.41) is 9.80. The second-order valence-electron chi connectivity index (χ2n) is 10.3. The zero-order valence-corrected chi connectivity index (χ0v) is 25.4. The van der Waals surface area contributed by atoms with Crippen molar-refractivity contribution in [3.05, 3.63) is 60.8 Å². The second-order valence-corrected chi connectivity index (χ2v) is 11.7. The molecule has 0 bridgehead atoms. The van der Waals surface area contributed by atoms with Gasteiger partial charge in [0.1, 0.15) is 25.9 Å². The van der Waals surface area contributed by atoms with Crippen LogP contribution in [0.2, 0.25) is 0 Å². The number of ether oxygens (including phenoxy) is 1. The zero-order valence-electron chi connectivity index (χ0n) is 24.5. The maximum absolute atomic E-state index is 11.8. The molecule has 0 saturated heterocycles. The number of esters is 1. The predicted molar refractivity (Wildman–Crippen MR) is 157 cm³/mol. The lowest BCUT2D eigenvalue weighted by Crippen LogP contribution is -2.37. The van der Waals surface area contributed by atoms with Gasteiger partial charge in [0.25, 0.3) is 7.82 Å². The number of quaternary nitrogens is 1. The molecule has 0 rings (SSSR count). The average molecular weight is 570 g/mol. The lowest BCUT2D eigenvalue weighted by molar-refractivity contribution is -0.870. The number of likely N-dealkylation sites (N-methyl/N-ethyl adjacent to an activating group) is 1. The number of hydrogen-bond acceptors (Lipinski definition) is 7. The highest BCUT2D eigenvalue weighted by Gasteiger charge is 2.16. The van der Waals surface area contributed by atoms with Gasteiger partial charge in [0.2, 0.25) is 0 Å². The summed E-state index contributed by atoms with van der Waals surface area (Å²) in [7, 11) is 1.20. The minimum absolute atomic E-state index is 0.0225. The third kappa shape index (κ3) is 29.0. The van der Waals surface area contributed by atoms with E-state index < -0.39 is 26.5 Å². The van der Waals surface area contributed by atoms with Gasteiger partial charge in [-0.1, -0.05) is 80.5 Å². The highest BCUT2D eigenvalue weighted by molar-refractivity contribution is 7.45. The van der Waals surface area contributed by atoms with Crippen molar-refractivity contribution in [2.24, 2.45) is 0 Å². The molecule has 0 heterocycles. The Morgan fingerprint density at radius 3 is 1.85 bits per heavy atom. The molecule has 0 amide bonds. The summed E-state index contributed by atoms with van der Waals surface area (Å²) < 4.78 is 26.6. The fraction of sp³-hybridized carbons (Fsp3) is 0.633. The fourth-order valence-corrected chi connectivity index (χ4v) is 3.72. The lowest BCUT2D eigenvalue weighted by Gasteiger charge is -2.27. The van der Waals surface area contributed by atoms with E-state index in [9.17, 15) is 19.4 Å². The van der Waals surface area contributed by atoms with Crippen molar-refractivity contribution in [1.29, 1.82) is 0 Å². The fourth-order valence-electron chi connectivity index (χ4n) is 2.98. The number of carbonyl (C=O) groups excluding carboxylic acids is 1. The first kappa shape index (κ1) is 37.2. The molecule has 0 radical (unpaired) electrons. The van der Waals surface area contributed by atoms with Crippen molar-refractivity contribution in [1.82, 2.24) is 0 Å². The Morgan fingerprint density at radius 1 is 0.821 bits per heavy atom. The van der Waals surface area contributed by atoms with E-state index in [1.165, 1.54) is 25.7 Å². The molecule has 9 heteroatoms. The number of unbranched alkanes of at least 4 members (excludes halogenated alkanes) is 3. The zero-order chi connectivity index (χ0) is 29.2. The number of rotatable bonds is 24. The number of carbonyl (C=O) groups is 1. The van der Waals surface area contributed by atoms with Gasteiger partial charge in [-0.15, -0.1) is 0 Å². The number of phosphoric acid groups is 1. The van der Waals surface area contributed by atoms with E-state index in [1.54, 1.807) is 0 Å². The van der Waals surface area contributed by atoms with E-state index in [2.05, 4.69) is 60.1 Å². The molecular formula is C30H52NO7P. The molecule has 0 aliphatic rings. The Kier molecular flexibility index (Phi) is 22.9. The van der Waals surface area contributed by atoms with Crippen LogP contribution in [0.15, 0.2) is 60.8 Å². The number of aliphatic hydroxyl groups excluding tert-OH is 1. The molecule has 1 N–H and O–H groups in total. The number of aliphatic hydroxyl groups is 1. The largest absolute Gasteiger partial charge is 0.756 e. The topological polar surface area (TPSA) is 105 Å². The van der Waals surface area contributed by atoms with Crippen molar-refractivity contribution in [3.63, 3.8) is 0 Å². The van der Waals surface area contributed by atoms with Gasteiger partial charge in [0.05, 0.1) is 27.7 Å².